The summed E-state index contributed by atoms with van der Waals surface area (Å²) in [5.74, 6) is -10.2. The molecule has 0 aromatic carbocycles. The second-order valence-corrected chi connectivity index (χ2v) is 2.41. The SMILES string of the molecule is O=C(O)c1cnc(C(F)(F)C(F)(F)F)o1. The standard InChI is InChI=1S/C6H2F5NO3/c7-5(8,6(9,10)11)4-12-1-2(15-4)3(13)14/h1H,(H,13,14). The lowest BCUT2D eigenvalue weighted by Crippen LogP contribution is -2.33. The molecule has 1 heterocycles. The summed E-state index contributed by atoms with van der Waals surface area (Å²) in [6.45, 7) is 0. The van der Waals surface area contributed by atoms with Crippen LogP contribution in [0.5, 0.6) is 0 Å². The third kappa shape index (κ3) is 1.90. The van der Waals surface area contributed by atoms with Gasteiger partial charge in [0.2, 0.25) is 5.76 Å². The van der Waals surface area contributed by atoms with E-state index >= 15 is 0 Å². The quantitative estimate of drug-likeness (QED) is 0.791. The Morgan fingerprint density at radius 3 is 2.20 bits per heavy atom. The van der Waals surface area contributed by atoms with E-state index in [1.807, 2.05) is 0 Å². The maximum absolute atomic E-state index is 12.5. The lowest BCUT2D eigenvalue weighted by Gasteiger charge is -2.15. The number of alkyl halides is 5. The van der Waals surface area contributed by atoms with Gasteiger partial charge >= 0.3 is 18.1 Å². The number of hydrogen-bond acceptors (Lipinski definition) is 3. The van der Waals surface area contributed by atoms with Crippen molar-refractivity contribution in [2.45, 2.75) is 12.1 Å². The van der Waals surface area contributed by atoms with E-state index in [2.05, 4.69) is 9.40 Å². The molecule has 1 rings (SSSR count). The summed E-state index contributed by atoms with van der Waals surface area (Å²) >= 11 is 0. The lowest BCUT2D eigenvalue weighted by atomic mass is 10.3. The average Bonchev–Trinajstić information content (AvgIpc) is 2.49. The first-order valence-corrected chi connectivity index (χ1v) is 3.30. The van der Waals surface area contributed by atoms with Crippen molar-refractivity contribution in [2.75, 3.05) is 0 Å². The van der Waals surface area contributed by atoms with Gasteiger partial charge in [0.1, 0.15) is 0 Å². The molecule has 84 valence electrons. The second-order valence-electron chi connectivity index (χ2n) is 2.41. The van der Waals surface area contributed by atoms with Crippen molar-refractivity contribution in [3.63, 3.8) is 0 Å². The van der Waals surface area contributed by atoms with Gasteiger partial charge in [-0.15, -0.1) is 0 Å². The average molecular weight is 231 g/mol. The molecule has 0 aliphatic rings. The first kappa shape index (κ1) is 11.4. The lowest BCUT2D eigenvalue weighted by molar-refractivity contribution is -0.297. The molecule has 0 radical (unpaired) electrons. The number of carboxylic acid groups (broad SMARTS) is 1. The van der Waals surface area contributed by atoms with Crippen LogP contribution < -0.4 is 0 Å². The third-order valence-electron chi connectivity index (χ3n) is 1.34. The zero-order valence-corrected chi connectivity index (χ0v) is 6.68. The molecular formula is C6H2F5NO3. The van der Waals surface area contributed by atoms with E-state index in [1.54, 1.807) is 0 Å². The topological polar surface area (TPSA) is 63.3 Å². The fourth-order valence-electron chi connectivity index (χ4n) is 0.639. The van der Waals surface area contributed by atoms with Crippen LogP contribution in [0, 0.1) is 0 Å². The summed E-state index contributed by atoms with van der Waals surface area (Å²) in [5.41, 5.74) is 0. The van der Waals surface area contributed by atoms with Crippen LogP contribution in [0.15, 0.2) is 10.6 Å². The molecule has 0 atom stereocenters. The van der Waals surface area contributed by atoms with Crippen LogP contribution >= 0.6 is 0 Å². The van der Waals surface area contributed by atoms with Crippen LogP contribution in [-0.4, -0.2) is 22.2 Å². The van der Waals surface area contributed by atoms with Gasteiger partial charge in [-0.25, -0.2) is 9.78 Å². The highest BCUT2D eigenvalue weighted by Gasteiger charge is 2.62. The Morgan fingerprint density at radius 1 is 1.33 bits per heavy atom. The highest BCUT2D eigenvalue weighted by atomic mass is 19.4. The molecule has 1 N–H and O–H groups in total. The molecule has 0 spiro atoms. The minimum absolute atomic E-state index is 0.275. The van der Waals surface area contributed by atoms with Crippen molar-refractivity contribution in [1.82, 2.24) is 4.98 Å². The summed E-state index contributed by atoms with van der Waals surface area (Å²) in [4.78, 5) is 12.7. The van der Waals surface area contributed by atoms with Crippen molar-refractivity contribution in [3.05, 3.63) is 17.8 Å². The summed E-state index contributed by atoms with van der Waals surface area (Å²) in [5, 5.41) is 8.21. The molecule has 1 aromatic rings. The number of oxazole rings is 1. The zero-order chi connectivity index (χ0) is 11.9. The van der Waals surface area contributed by atoms with E-state index in [4.69, 9.17) is 5.11 Å². The van der Waals surface area contributed by atoms with E-state index in [0.717, 1.165) is 0 Å². The van der Waals surface area contributed by atoms with Crippen molar-refractivity contribution in [3.8, 4) is 0 Å². The molecule has 0 bridgehead atoms. The van der Waals surface area contributed by atoms with Gasteiger partial charge < -0.3 is 9.52 Å². The molecular weight excluding hydrogens is 229 g/mol. The number of aromatic nitrogens is 1. The molecule has 0 amide bonds. The van der Waals surface area contributed by atoms with Gasteiger partial charge in [-0.2, -0.15) is 22.0 Å². The Labute approximate surface area is 78.3 Å². The summed E-state index contributed by atoms with van der Waals surface area (Å²) in [7, 11) is 0. The van der Waals surface area contributed by atoms with Crippen LogP contribution in [0.3, 0.4) is 0 Å². The molecule has 0 saturated carbocycles. The van der Waals surface area contributed by atoms with Gasteiger partial charge in [0.15, 0.2) is 0 Å². The van der Waals surface area contributed by atoms with Gasteiger partial charge in [0, 0.05) is 0 Å². The normalized spacial score (nSPS) is 12.9. The maximum atomic E-state index is 12.5. The largest absolute Gasteiger partial charge is 0.475 e. The molecule has 1 aromatic heterocycles. The van der Waals surface area contributed by atoms with Gasteiger partial charge in [0.05, 0.1) is 6.20 Å². The molecule has 9 heteroatoms. The van der Waals surface area contributed by atoms with Gasteiger partial charge in [0.25, 0.3) is 5.89 Å². The minimum atomic E-state index is -5.88. The molecule has 0 unspecified atom stereocenters. The van der Waals surface area contributed by atoms with Crippen molar-refractivity contribution in [1.29, 1.82) is 0 Å². The molecule has 15 heavy (non-hydrogen) atoms. The molecule has 0 aliphatic carbocycles. The van der Waals surface area contributed by atoms with Crippen LogP contribution in [-0.2, 0) is 5.92 Å². The van der Waals surface area contributed by atoms with Crippen molar-refractivity contribution >= 4 is 5.97 Å². The highest BCUT2D eigenvalue weighted by Crippen LogP contribution is 2.43. The number of hydrogen-bond donors (Lipinski definition) is 1. The number of nitrogens with zero attached hydrogens (tertiary/aromatic N) is 1. The Bertz CT molecular complexity index is 382. The Morgan fingerprint density at radius 2 is 1.87 bits per heavy atom. The van der Waals surface area contributed by atoms with Crippen molar-refractivity contribution < 1.29 is 36.3 Å². The Kier molecular flexibility index (Phi) is 2.41. The summed E-state index contributed by atoms with van der Waals surface area (Å²) < 4.78 is 63.9. The molecule has 0 aliphatic heterocycles. The van der Waals surface area contributed by atoms with Gasteiger partial charge in [-0.05, 0) is 0 Å². The minimum Gasteiger partial charge on any atom is -0.475 e. The number of carboxylic acids is 1. The molecule has 4 nitrogen and oxygen atoms in total. The third-order valence-corrected chi connectivity index (χ3v) is 1.34. The number of aromatic carboxylic acids is 1. The van der Waals surface area contributed by atoms with Gasteiger partial charge in [-0.1, -0.05) is 0 Å². The van der Waals surface area contributed by atoms with Crippen LogP contribution in [0.1, 0.15) is 16.4 Å². The smallest absolute Gasteiger partial charge is 0.463 e. The highest BCUT2D eigenvalue weighted by molar-refractivity contribution is 5.83. The summed E-state index contributed by atoms with van der Waals surface area (Å²) in [6, 6.07) is 0. The Hall–Kier alpha value is -1.67. The fraction of sp³-hybridized carbons (Fsp3) is 0.333. The summed E-state index contributed by atoms with van der Waals surface area (Å²) in [6.07, 6.45) is -5.61. The first-order valence-electron chi connectivity index (χ1n) is 3.30. The number of carbonyl (C=O) groups is 1. The number of halogens is 5. The predicted octanol–water partition coefficient (Wildman–Crippen LogP) is 2.03. The molecule has 0 fully saturated rings. The van der Waals surface area contributed by atoms with E-state index in [-0.39, 0.29) is 6.20 Å². The van der Waals surface area contributed by atoms with E-state index < -0.39 is 29.7 Å². The Balaban J connectivity index is 3.11. The molecule has 0 saturated heterocycles. The van der Waals surface area contributed by atoms with Crippen molar-refractivity contribution in [2.24, 2.45) is 0 Å². The van der Waals surface area contributed by atoms with E-state index in [9.17, 15) is 26.7 Å². The first-order chi connectivity index (χ1) is 6.66. The fourth-order valence-corrected chi connectivity index (χ4v) is 0.639. The van der Waals surface area contributed by atoms with Gasteiger partial charge in [-0.3, -0.25) is 0 Å². The predicted molar refractivity (Wildman–Crippen MR) is 33.4 cm³/mol. The van der Waals surface area contributed by atoms with Crippen LogP contribution in [0.4, 0.5) is 22.0 Å². The van der Waals surface area contributed by atoms with E-state index in [0.29, 0.717) is 0 Å². The number of rotatable bonds is 2. The van der Waals surface area contributed by atoms with Crippen LogP contribution in [0.2, 0.25) is 0 Å². The second kappa shape index (κ2) is 3.17. The van der Waals surface area contributed by atoms with Crippen LogP contribution in [0.25, 0.3) is 0 Å². The van der Waals surface area contributed by atoms with E-state index in [1.165, 1.54) is 0 Å². The monoisotopic (exact) mass is 231 g/mol. The maximum Gasteiger partial charge on any atom is 0.463 e. The zero-order valence-electron chi connectivity index (χ0n) is 6.68.